The summed E-state index contributed by atoms with van der Waals surface area (Å²) in [7, 11) is 0. The Hall–Kier alpha value is -3.05. The average Bonchev–Trinajstić information content (AvgIpc) is 3.15. The van der Waals surface area contributed by atoms with Crippen LogP contribution in [0.15, 0.2) is 77.4 Å². The lowest BCUT2D eigenvalue weighted by molar-refractivity contribution is -0.116. The van der Waals surface area contributed by atoms with E-state index in [2.05, 4.69) is 10.6 Å². The Labute approximate surface area is 146 Å². The van der Waals surface area contributed by atoms with E-state index in [9.17, 15) is 4.79 Å². The number of anilines is 1. The number of benzene rings is 2. The van der Waals surface area contributed by atoms with E-state index < -0.39 is 0 Å². The molecule has 0 aliphatic rings. The lowest BCUT2D eigenvalue weighted by atomic mass is 10.2. The van der Waals surface area contributed by atoms with Crippen LogP contribution in [0.5, 0.6) is 11.5 Å². The van der Waals surface area contributed by atoms with Crippen LogP contribution in [0.1, 0.15) is 12.2 Å². The lowest BCUT2D eigenvalue weighted by Gasteiger charge is -2.12. The molecule has 1 aromatic heterocycles. The monoisotopic (exact) mass is 336 g/mol. The summed E-state index contributed by atoms with van der Waals surface area (Å²) in [5.41, 5.74) is 0.655. The average molecular weight is 336 g/mol. The highest BCUT2D eigenvalue weighted by Gasteiger charge is 2.08. The third kappa shape index (κ3) is 5.22. The molecule has 0 radical (unpaired) electrons. The standard InChI is InChI=1S/C20H20N2O3/c23-20(12-13-21-15-17-9-6-14-24-17)22-18-10-4-5-11-19(18)25-16-7-2-1-3-8-16/h1-11,14,21H,12-13,15H2,(H,22,23). The van der Waals surface area contributed by atoms with E-state index >= 15 is 0 Å². The first kappa shape index (κ1) is 16.8. The minimum absolute atomic E-state index is 0.0731. The molecule has 0 atom stereocenters. The Kier molecular flexibility index (Phi) is 5.85. The van der Waals surface area contributed by atoms with Crippen molar-refractivity contribution in [3.63, 3.8) is 0 Å². The normalized spacial score (nSPS) is 10.4. The van der Waals surface area contributed by atoms with Crippen LogP contribution >= 0.6 is 0 Å². The van der Waals surface area contributed by atoms with Crippen molar-refractivity contribution in [1.29, 1.82) is 0 Å². The van der Waals surface area contributed by atoms with Crippen LogP contribution < -0.4 is 15.4 Å². The molecule has 0 saturated heterocycles. The summed E-state index contributed by atoms with van der Waals surface area (Å²) in [5.74, 6) is 2.12. The number of carbonyl (C=O) groups is 1. The number of carbonyl (C=O) groups excluding carboxylic acids is 1. The second-order valence-electron chi connectivity index (χ2n) is 5.47. The second-order valence-corrected chi connectivity index (χ2v) is 5.47. The van der Waals surface area contributed by atoms with E-state index in [0.717, 1.165) is 11.5 Å². The molecule has 5 heteroatoms. The molecular weight excluding hydrogens is 316 g/mol. The van der Waals surface area contributed by atoms with Crippen LogP contribution in [0.3, 0.4) is 0 Å². The van der Waals surface area contributed by atoms with Crippen molar-refractivity contribution in [2.24, 2.45) is 0 Å². The highest BCUT2D eigenvalue weighted by Crippen LogP contribution is 2.29. The van der Waals surface area contributed by atoms with Crippen molar-refractivity contribution < 1.29 is 13.9 Å². The van der Waals surface area contributed by atoms with Gasteiger partial charge in [0.05, 0.1) is 18.5 Å². The molecule has 25 heavy (non-hydrogen) atoms. The van der Waals surface area contributed by atoms with Crippen LogP contribution in [0.4, 0.5) is 5.69 Å². The van der Waals surface area contributed by atoms with Crippen molar-refractivity contribution in [3.8, 4) is 11.5 Å². The van der Waals surface area contributed by atoms with Crippen LogP contribution in [-0.2, 0) is 11.3 Å². The van der Waals surface area contributed by atoms with Gasteiger partial charge < -0.3 is 19.8 Å². The van der Waals surface area contributed by atoms with Gasteiger partial charge in [-0.25, -0.2) is 0 Å². The van der Waals surface area contributed by atoms with Crippen LogP contribution in [0.25, 0.3) is 0 Å². The topological polar surface area (TPSA) is 63.5 Å². The lowest BCUT2D eigenvalue weighted by Crippen LogP contribution is -2.21. The minimum atomic E-state index is -0.0731. The Bertz CT molecular complexity index is 786. The number of para-hydroxylation sites is 3. The maximum atomic E-state index is 12.1. The van der Waals surface area contributed by atoms with Gasteiger partial charge >= 0.3 is 0 Å². The van der Waals surface area contributed by atoms with Crippen molar-refractivity contribution in [2.75, 3.05) is 11.9 Å². The maximum absolute atomic E-state index is 12.1. The minimum Gasteiger partial charge on any atom is -0.468 e. The second kappa shape index (κ2) is 8.70. The summed E-state index contributed by atoms with van der Waals surface area (Å²) in [5, 5.41) is 6.07. The molecular formula is C20H20N2O3. The zero-order valence-electron chi connectivity index (χ0n) is 13.8. The number of hydrogen-bond donors (Lipinski definition) is 2. The fourth-order valence-electron chi connectivity index (χ4n) is 2.31. The van der Waals surface area contributed by atoms with Gasteiger partial charge in [-0.15, -0.1) is 0 Å². The summed E-state index contributed by atoms with van der Waals surface area (Å²) in [4.78, 5) is 12.1. The molecule has 0 aliphatic carbocycles. The predicted molar refractivity (Wildman–Crippen MR) is 96.6 cm³/mol. The predicted octanol–water partition coefficient (Wildman–Crippen LogP) is 4.19. The summed E-state index contributed by atoms with van der Waals surface area (Å²) in [6.07, 6.45) is 1.99. The highest BCUT2D eigenvalue weighted by atomic mass is 16.5. The molecule has 128 valence electrons. The first-order chi connectivity index (χ1) is 12.3. The Morgan fingerprint density at radius 3 is 2.56 bits per heavy atom. The highest BCUT2D eigenvalue weighted by molar-refractivity contribution is 5.92. The van der Waals surface area contributed by atoms with Crippen LogP contribution in [0, 0.1) is 0 Å². The Morgan fingerprint density at radius 2 is 1.76 bits per heavy atom. The van der Waals surface area contributed by atoms with Gasteiger partial charge in [-0.05, 0) is 36.4 Å². The van der Waals surface area contributed by atoms with Gasteiger partial charge in [0.15, 0.2) is 5.75 Å². The molecule has 0 unspecified atom stereocenters. The molecule has 1 heterocycles. The molecule has 0 spiro atoms. The number of hydrogen-bond acceptors (Lipinski definition) is 4. The maximum Gasteiger partial charge on any atom is 0.225 e. The zero-order valence-corrected chi connectivity index (χ0v) is 13.8. The van der Waals surface area contributed by atoms with Gasteiger partial charge in [-0.2, -0.15) is 0 Å². The molecule has 0 aliphatic heterocycles. The van der Waals surface area contributed by atoms with Gasteiger partial charge in [-0.3, -0.25) is 4.79 Å². The van der Waals surface area contributed by atoms with Gasteiger partial charge in [0.25, 0.3) is 0 Å². The van der Waals surface area contributed by atoms with E-state index in [-0.39, 0.29) is 5.91 Å². The quantitative estimate of drug-likeness (QED) is 0.606. The van der Waals surface area contributed by atoms with Crippen molar-refractivity contribution in [2.45, 2.75) is 13.0 Å². The first-order valence-corrected chi connectivity index (χ1v) is 8.16. The van der Waals surface area contributed by atoms with Crippen LogP contribution in [0.2, 0.25) is 0 Å². The summed E-state index contributed by atoms with van der Waals surface area (Å²) >= 11 is 0. The third-order valence-corrected chi connectivity index (χ3v) is 3.54. The number of rotatable bonds is 8. The van der Waals surface area contributed by atoms with Crippen molar-refractivity contribution >= 4 is 11.6 Å². The Balaban J connectivity index is 1.50. The molecule has 0 fully saturated rings. The Morgan fingerprint density at radius 1 is 0.960 bits per heavy atom. The van der Waals surface area contributed by atoms with Gasteiger partial charge in [-0.1, -0.05) is 30.3 Å². The van der Waals surface area contributed by atoms with Gasteiger partial charge in [0.1, 0.15) is 11.5 Å². The fourth-order valence-corrected chi connectivity index (χ4v) is 2.31. The molecule has 0 saturated carbocycles. The molecule has 1 amide bonds. The van der Waals surface area contributed by atoms with E-state index in [1.165, 1.54) is 0 Å². The summed E-state index contributed by atoms with van der Waals surface area (Å²) in [6, 6.07) is 20.6. The van der Waals surface area contributed by atoms with Crippen LogP contribution in [-0.4, -0.2) is 12.5 Å². The smallest absolute Gasteiger partial charge is 0.225 e. The van der Waals surface area contributed by atoms with Crippen molar-refractivity contribution in [1.82, 2.24) is 5.32 Å². The number of nitrogens with one attached hydrogen (secondary N) is 2. The van der Waals surface area contributed by atoms with Gasteiger partial charge in [0, 0.05) is 13.0 Å². The first-order valence-electron chi connectivity index (χ1n) is 8.16. The fraction of sp³-hybridized carbons (Fsp3) is 0.150. The zero-order chi connectivity index (χ0) is 17.3. The van der Waals surface area contributed by atoms with Crippen molar-refractivity contribution in [3.05, 3.63) is 78.8 Å². The molecule has 5 nitrogen and oxygen atoms in total. The molecule has 0 bridgehead atoms. The van der Waals surface area contributed by atoms with E-state index in [1.807, 2.05) is 66.7 Å². The number of ether oxygens (including phenoxy) is 1. The van der Waals surface area contributed by atoms with Gasteiger partial charge in [0.2, 0.25) is 5.91 Å². The number of furan rings is 1. The van der Waals surface area contributed by atoms with E-state index in [1.54, 1.807) is 6.26 Å². The van der Waals surface area contributed by atoms with E-state index in [4.69, 9.17) is 9.15 Å². The SMILES string of the molecule is O=C(CCNCc1ccco1)Nc1ccccc1Oc1ccccc1. The molecule has 3 aromatic rings. The number of amides is 1. The third-order valence-electron chi connectivity index (χ3n) is 3.54. The molecule has 2 aromatic carbocycles. The molecule has 3 rings (SSSR count). The largest absolute Gasteiger partial charge is 0.468 e. The molecule has 2 N–H and O–H groups in total. The summed E-state index contributed by atoms with van der Waals surface area (Å²) in [6.45, 7) is 1.17. The van der Waals surface area contributed by atoms with E-state index in [0.29, 0.717) is 30.9 Å². The summed E-state index contributed by atoms with van der Waals surface area (Å²) < 4.78 is 11.1.